The van der Waals surface area contributed by atoms with Gasteiger partial charge >= 0.3 is 20.2 Å². The first kappa shape index (κ1) is 52.5. The molecule has 3 N–H and O–H groups in total. The van der Waals surface area contributed by atoms with Gasteiger partial charge < -0.3 is 15.1 Å². The third-order valence-electron chi connectivity index (χ3n) is 11.3. The van der Waals surface area contributed by atoms with Crippen LogP contribution in [0.15, 0.2) is 42.5 Å². The van der Waals surface area contributed by atoms with E-state index < -0.39 is 162 Å². The van der Waals surface area contributed by atoms with Crippen molar-refractivity contribution >= 4 is 61.9 Å². The molecule has 1 amide bonds. The lowest BCUT2D eigenvalue weighted by Gasteiger charge is -2.23. The Hall–Kier alpha value is -5.30. The summed E-state index contributed by atoms with van der Waals surface area (Å²) in [6.07, 6.45) is -10.0. The fourth-order valence-electron chi connectivity index (χ4n) is 7.87. The van der Waals surface area contributed by atoms with Gasteiger partial charge in [0.25, 0.3) is 5.92 Å². The number of amides is 1. The van der Waals surface area contributed by atoms with Crippen LogP contribution in [0, 0.1) is 29.4 Å². The van der Waals surface area contributed by atoms with E-state index >= 15 is 8.78 Å². The van der Waals surface area contributed by atoms with Crippen molar-refractivity contribution in [2.45, 2.75) is 74.8 Å². The Morgan fingerprint density at radius 1 is 1.00 bits per heavy atom. The molecule has 0 bridgehead atoms. The van der Waals surface area contributed by atoms with Gasteiger partial charge in [0, 0.05) is 34.9 Å². The number of halogens is 11. The Bertz CT molecular complexity index is 3290. The van der Waals surface area contributed by atoms with E-state index in [1.54, 1.807) is 0 Å². The summed E-state index contributed by atoms with van der Waals surface area (Å²) in [6, 6.07) is 4.55. The lowest BCUT2D eigenvalue weighted by atomic mass is 9.93. The summed E-state index contributed by atoms with van der Waals surface area (Å²) in [6.45, 7) is -2.41. The molecule has 2 aliphatic carbocycles. The quantitative estimate of drug-likeness (QED) is 0.0439. The molecule has 0 aliphatic heterocycles. The summed E-state index contributed by atoms with van der Waals surface area (Å²) in [5.41, 5.74) is -6.10. The van der Waals surface area contributed by atoms with Crippen molar-refractivity contribution in [3.8, 4) is 23.0 Å². The monoisotopic (exact) mass is 1080 g/mol. The van der Waals surface area contributed by atoms with E-state index in [9.17, 15) is 71.1 Å². The van der Waals surface area contributed by atoms with Crippen LogP contribution in [0.1, 0.15) is 66.1 Å². The average molecular weight is 1080 g/mol. The Morgan fingerprint density at radius 3 is 2.20 bits per heavy atom. The van der Waals surface area contributed by atoms with E-state index in [2.05, 4.69) is 36.9 Å². The molecular weight excluding hydrogens is 1040 g/mol. The highest BCUT2D eigenvalue weighted by atomic mass is 35.5. The number of carbonyl (C=O) groups excluding carboxylic acids is 1. The second-order valence-corrected chi connectivity index (χ2v) is 23.0. The molecule has 0 radical (unpaired) electrons. The topological polar surface area (TPSA) is 216 Å². The lowest BCUT2D eigenvalue weighted by Crippen LogP contribution is -2.35. The van der Waals surface area contributed by atoms with Crippen LogP contribution in [0.3, 0.4) is 0 Å². The van der Waals surface area contributed by atoms with Gasteiger partial charge in [0.1, 0.15) is 47.6 Å². The van der Waals surface area contributed by atoms with Gasteiger partial charge in [-0.15, -0.1) is 0 Å². The number of phosphoric ester groups is 1. The minimum Gasteiger partial charge on any atom is -0.346 e. The fourth-order valence-corrected chi connectivity index (χ4v) is 9.38. The molecule has 2 aromatic carbocycles. The number of nitrogens with one attached hydrogen (secondary N) is 1. The van der Waals surface area contributed by atoms with Gasteiger partial charge in [-0.2, -0.15) is 45.3 Å². The maximum absolute atomic E-state index is 15.5. The smallest absolute Gasteiger partial charge is 0.346 e. The van der Waals surface area contributed by atoms with Gasteiger partial charge in [0.2, 0.25) is 15.9 Å². The first-order valence-electron chi connectivity index (χ1n) is 19.9. The molecule has 0 saturated heterocycles. The van der Waals surface area contributed by atoms with Crippen LogP contribution in [-0.2, 0) is 65.4 Å². The predicted molar refractivity (Wildman–Crippen MR) is 228 cm³/mol. The molecule has 7 rings (SSSR count). The number of alkyl halides is 8. The second-order valence-electron chi connectivity index (χ2n) is 16.9. The number of hydrogen-bond donors (Lipinski definition) is 3. The number of anilines is 1. The molecule has 3 aromatic heterocycles. The van der Waals surface area contributed by atoms with Crippen LogP contribution in [0.25, 0.3) is 22.0 Å². The van der Waals surface area contributed by atoms with Crippen LogP contribution in [-0.4, -0.2) is 87.2 Å². The van der Waals surface area contributed by atoms with Crippen LogP contribution in [0.5, 0.6) is 0 Å². The van der Waals surface area contributed by atoms with Crippen molar-refractivity contribution in [1.29, 1.82) is 0 Å². The number of aromatic nitrogens is 5. The minimum absolute atomic E-state index is 0.0864. The fraction of sp³-hybridized carbons (Fsp3) is 0.400. The highest BCUT2D eigenvalue weighted by Crippen LogP contribution is 2.68. The van der Waals surface area contributed by atoms with E-state index in [0.29, 0.717) is 12.3 Å². The summed E-state index contributed by atoms with van der Waals surface area (Å²) >= 11 is 6.53. The molecular formula is C40H35ClF10N7O9PS2. The Kier molecular flexibility index (Phi) is 13.3. The highest BCUT2D eigenvalue weighted by molar-refractivity contribution is 7.92. The molecule has 1 fully saturated rings. The van der Waals surface area contributed by atoms with Gasteiger partial charge in [-0.3, -0.25) is 18.7 Å². The first-order chi connectivity index (χ1) is 32.0. The van der Waals surface area contributed by atoms with E-state index in [-0.39, 0.29) is 36.9 Å². The molecule has 70 heavy (non-hydrogen) atoms. The number of pyridine rings is 1. The van der Waals surface area contributed by atoms with E-state index in [4.69, 9.17) is 11.6 Å². The number of hydrogen-bond acceptors (Lipinski definition) is 10. The zero-order valence-electron chi connectivity index (χ0n) is 36.2. The van der Waals surface area contributed by atoms with Crippen LogP contribution < -0.4 is 9.62 Å². The van der Waals surface area contributed by atoms with Gasteiger partial charge in [0.05, 0.1) is 33.9 Å². The highest BCUT2D eigenvalue weighted by Gasteiger charge is 2.68. The lowest BCUT2D eigenvalue weighted by molar-refractivity contribution is -0.143. The number of carbonyl (C=O) groups is 1. The number of fused-ring (bicyclic) bond motifs is 4. The van der Waals surface area contributed by atoms with Crippen LogP contribution in [0.2, 0.25) is 5.02 Å². The average Bonchev–Trinajstić information content (AvgIpc) is 3.70. The number of sulfone groups is 1. The summed E-state index contributed by atoms with van der Waals surface area (Å²) in [7, 11) is -14.2. The molecule has 16 nitrogen and oxygen atoms in total. The second kappa shape index (κ2) is 17.8. The SMILES string of the molecule is CC(C)(C#Cc1ccc(-c2ccc(Cl)c3c(N(COP(=O)(O)O)S(C)(=O)=O)nn(CC(F)(F)F)c23)c([C@H](Cc2cc(F)cc(F)c2)NC(=O)Cn2nc(C(F)(F)F)c3c2C(F)(F)[C@@H]2C[C@H]32)n1)S(C)(=O)=O. The predicted octanol–water partition coefficient (Wildman–Crippen LogP) is 7.12. The summed E-state index contributed by atoms with van der Waals surface area (Å²) in [5, 5.41) is 8.45. The molecule has 5 aromatic rings. The van der Waals surface area contributed by atoms with E-state index in [1.165, 1.54) is 13.8 Å². The van der Waals surface area contributed by atoms with Crippen molar-refractivity contribution in [2.24, 2.45) is 5.92 Å². The normalized spacial score (nSPS) is 17.4. The van der Waals surface area contributed by atoms with Crippen LogP contribution in [0.4, 0.5) is 49.7 Å². The number of phosphoric acid groups is 1. The molecule has 2 aliphatic rings. The van der Waals surface area contributed by atoms with Gasteiger partial charge in [-0.05, 0) is 74.4 Å². The summed E-state index contributed by atoms with van der Waals surface area (Å²) < 4.78 is 212. The number of benzene rings is 2. The van der Waals surface area contributed by atoms with E-state index in [0.717, 1.165) is 42.7 Å². The minimum atomic E-state index is -5.48. The van der Waals surface area contributed by atoms with Crippen molar-refractivity contribution in [3.05, 3.63) is 93.0 Å². The number of rotatable bonds is 14. The Labute approximate surface area is 395 Å². The van der Waals surface area contributed by atoms with Gasteiger partial charge in [-0.25, -0.2) is 39.5 Å². The molecule has 0 spiro atoms. The van der Waals surface area contributed by atoms with Crippen LogP contribution >= 0.6 is 19.4 Å². The van der Waals surface area contributed by atoms with Crippen molar-refractivity contribution in [2.75, 3.05) is 23.5 Å². The zero-order chi connectivity index (χ0) is 52.1. The largest absolute Gasteiger partial charge is 0.471 e. The molecule has 3 atom stereocenters. The third kappa shape index (κ3) is 10.8. The van der Waals surface area contributed by atoms with Gasteiger partial charge in [-0.1, -0.05) is 23.6 Å². The number of nitrogens with zero attached hydrogens (tertiary/aromatic N) is 6. The zero-order valence-corrected chi connectivity index (χ0v) is 39.4. The van der Waals surface area contributed by atoms with Crippen molar-refractivity contribution < 1.29 is 84.4 Å². The number of sulfonamides is 1. The van der Waals surface area contributed by atoms with Crippen molar-refractivity contribution in [3.63, 3.8) is 0 Å². The summed E-state index contributed by atoms with van der Waals surface area (Å²) in [4.78, 5) is 37.3. The maximum Gasteiger partial charge on any atom is 0.471 e. The Balaban J connectivity index is 1.48. The molecule has 0 unspecified atom stereocenters. The van der Waals surface area contributed by atoms with Gasteiger partial charge in [0.15, 0.2) is 21.3 Å². The molecule has 378 valence electrons. The standard InChI is InChI=1S/C40H35ClF10N7O9PS2/c1-37(2,69(3,63)64)10-9-22-5-6-23(24-7-8-27(41)31-33(24)57(17-38(44,45)46)55-36(31)58(70(4,65)66)18-67-68(60,61)62)32(52-22)28(13-19-11-20(42)14-21(43)12-19)53-29(59)16-56-35-30(34(54-56)40(49,50)51)25-15-26(25)39(35,47)48/h5-8,11-12,14,25-26,28H,13,15-18H2,1-4H3,(H,53,59)(H2,60,61,62)/t25-,26+,28-/m0/s1. The molecule has 3 heterocycles. The summed E-state index contributed by atoms with van der Waals surface area (Å²) in [5.74, 6) is -6.16. The Morgan fingerprint density at radius 2 is 1.63 bits per heavy atom. The van der Waals surface area contributed by atoms with Crippen molar-refractivity contribution in [1.82, 2.24) is 29.9 Å². The first-order valence-corrected chi connectivity index (χ1v) is 25.6. The maximum atomic E-state index is 15.5. The van der Waals surface area contributed by atoms with E-state index in [1.807, 2.05) is 0 Å². The molecule has 1 saturated carbocycles. The molecule has 30 heteroatoms. The third-order valence-corrected chi connectivity index (χ3v) is 15.1.